The first-order valence-electron chi connectivity index (χ1n) is 6.35. The van der Waals surface area contributed by atoms with E-state index in [1.807, 2.05) is 25.1 Å². The smallest absolute Gasteiger partial charge is 0.161 e. The summed E-state index contributed by atoms with van der Waals surface area (Å²) >= 11 is 3.54. The molecule has 0 saturated heterocycles. The van der Waals surface area contributed by atoms with Gasteiger partial charge < -0.3 is 19.6 Å². The van der Waals surface area contributed by atoms with Crippen molar-refractivity contribution in [2.75, 3.05) is 14.2 Å². The molecule has 1 atom stereocenters. The Balaban J connectivity index is 2.46. The van der Waals surface area contributed by atoms with Crippen LogP contribution in [0.4, 0.5) is 0 Å². The largest absolute Gasteiger partial charge is 0.493 e. The monoisotopic (exact) mass is 339 g/mol. The molecule has 108 valence electrons. The Labute approximate surface area is 127 Å². The number of furan rings is 1. The average Bonchev–Trinajstić information content (AvgIpc) is 2.94. The van der Waals surface area contributed by atoms with E-state index in [1.165, 1.54) is 0 Å². The molecule has 2 aromatic rings. The Bertz CT molecular complexity index is 595. The molecule has 0 aliphatic carbocycles. The van der Waals surface area contributed by atoms with E-state index in [0.29, 0.717) is 11.5 Å². The average molecular weight is 340 g/mol. The van der Waals surface area contributed by atoms with Crippen LogP contribution < -0.4 is 15.2 Å². The third kappa shape index (κ3) is 2.69. The fraction of sp³-hybridized carbons (Fsp3) is 0.333. The summed E-state index contributed by atoms with van der Waals surface area (Å²) in [6.45, 7) is 2.04. The minimum Gasteiger partial charge on any atom is -0.493 e. The number of rotatable bonds is 5. The molecule has 1 aromatic carbocycles. The van der Waals surface area contributed by atoms with Crippen molar-refractivity contribution in [1.29, 1.82) is 0 Å². The van der Waals surface area contributed by atoms with Crippen molar-refractivity contribution in [3.05, 3.63) is 45.8 Å². The molecule has 0 saturated carbocycles. The molecule has 0 amide bonds. The first kappa shape index (κ1) is 14.9. The zero-order chi connectivity index (χ0) is 14.7. The molecule has 1 unspecified atom stereocenters. The number of methoxy groups -OCH3 is 2. The highest BCUT2D eigenvalue weighted by molar-refractivity contribution is 9.10. The lowest BCUT2D eigenvalue weighted by atomic mass is 9.99. The molecule has 20 heavy (non-hydrogen) atoms. The summed E-state index contributed by atoms with van der Waals surface area (Å²) in [6.07, 6.45) is 2.48. The number of hydrogen-bond acceptors (Lipinski definition) is 4. The van der Waals surface area contributed by atoms with E-state index >= 15 is 0 Å². The van der Waals surface area contributed by atoms with Crippen molar-refractivity contribution in [3.63, 3.8) is 0 Å². The summed E-state index contributed by atoms with van der Waals surface area (Å²) in [5.74, 6) is 2.22. The van der Waals surface area contributed by atoms with E-state index in [0.717, 1.165) is 27.8 Å². The predicted octanol–water partition coefficient (Wildman–Crippen LogP) is 3.67. The topological polar surface area (TPSA) is 57.6 Å². The summed E-state index contributed by atoms with van der Waals surface area (Å²) in [5, 5.41) is 0. The van der Waals surface area contributed by atoms with Crippen LogP contribution in [-0.4, -0.2) is 14.2 Å². The number of nitrogens with two attached hydrogens (primary N) is 1. The SMILES string of the molecule is CCc1occc1C(N)c1cc(OC)c(OC)cc1Br. The van der Waals surface area contributed by atoms with Crippen molar-refractivity contribution < 1.29 is 13.9 Å². The van der Waals surface area contributed by atoms with Crippen LogP contribution in [0.1, 0.15) is 29.9 Å². The van der Waals surface area contributed by atoms with Gasteiger partial charge in [-0.15, -0.1) is 0 Å². The van der Waals surface area contributed by atoms with Gasteiger partial charge in [0.2, 0.25) is 0 Å². The number of ether oxygens (including phenoxy) is 2. The fourth-order valence-corrected chi connectivity index (χ4v) is 2.76. The van der Waals surface area contributed by atoms with E-state index in [4.69, 9.17) is 19.6 Å². The van der Waals surface area contributed by atoms with Gasteiger partial charge in [-0.2, -0.15) is 0 Å². The number of aryl methyl sites for hydroxylation is 1. The van der Waals surface area contributed by atoms with Crippen LogP contribution in [0.5, 0.6) is 11.5 Å². The second kappa shape index (κ2) is 6.33. The maximum atomic E-state index is 6.37. The van der Waals surface area contributed by atoms with Crippen LogP contribution in [0.15, 0.2) is 33.4 Å². The number of hydrogen-bond donors (Lipinski definition) is 1. The quantitative estimate of drug-likeness (QED) is 0.902. The maximum absolute atomic E-state index is 6.37. The molecular formula is C15H18BrNO3. The van der Waals surface area contributed by atoms with E-state index in [2.05, 4.69) is 15.9 Å². The molecule has 0 spiro atoms. The standard InChI is InChI=1S/C15H18BrNO3/c1-4-12-9(5-6-20-12)15(17)10-7-13(18-2)14(19-3)8-11(10)16/h5-8,15H,4,17H2,1-3H3. The number of halogens is 1. The first-order valence-corrected chi connectivity index (χ1v) is 7.14. The summed E-state index contributed by atoms with van der Waals surface area (Å²) in [6, 6.07) is 5.38. The van der Waals surface area contributed by atoms with Crippen LogP contribution in [0.25, 0.3) is 0 Å². The Morgan fingerprint density at radius 1 is 1.20 bits per heavy atom. The van der Waals surface area contributed by atoms with Gasteiger partial charge in [0, 0.05) is 16.5 Å². The normalized spacial score (nSPS) is 12.2. The molecule has 2 rings (SSSR count). The van der Waals surface area contributed by atoms with Gasteiger partial charge in [-0.1, -0.05) is 22.9 Å². The minimum absolute atomic E-state index is 0.280. The highest BCUT2D eigenvalue weighted by Gasteiger charge is 2.20. The van der Waals surface area contributed by atoms with Gasteiger partial charge in [0.05, 0.1) is 26.5 Å². The third-order valence-corrected chi connectivity index (χ3v) is 3.96. The molecule has 2 N–H and O–H groups in total. The summed E-state index contributed by atoms with van der Waals surface area (Å²) < 4.78 is 16.9. The van der Waals surface area contributed by atoms with Gasteiger partial charge in [-0.3, -0.25) is 0 Å². The van der Waals surface area contributed by atoms with E-state index in [9.17, 15) is 0 Å². The fourth-order valence-electron chi connectivity index (χ4n) is 2.19. The van der Waals surface area contributed by atoms with Crippen LogP contribution in [-0.2, 0) is 6.42 Å². The predicted molar refractivity (Wildman–Crippen MR) is 81.4 cm³/mol. The molecule has 1 heterocycles. The molecule has 0 aliphatic rings. The second-order valence-corrected chi connectivity index (χ2v) is 5.21. The van der Waals surface area contributed by atoms with Crippen molar-refractivity contribution in [1.82, 2.24) is 0 Å². The molecule has 0 bridgehead atoms. The molecule has 0 fully saturated rings. The molecule has 0 radical (unpaired) electrons. The van der Waals surface area contributed by atoms with Gasteiger partial charge in [0.25, 0.3) is 0 Å². The van der Waals surface area contributed by atoms with Gasteiger partial charge in [0.1, 0.15) is 5.76 Å². The van der Waals surface area contributed by atoms with E-state index in [-0.39, 0.29) is 6.04 Å². The van der Waals surface area contributed by atoms with Crippen molar-refractivity contribution in [2.45, 2.75) is 19.4 Å². The van der Waals surface area contributed by atoms with Gasteiger partial charge in [-0.25, -0.2) is 0 Å². The van der Waals surface area contributed by atoms with Crippen molar-refractivity contribution in [2.24, 2.45) is 5.73 Å². The van der Waals surface area contributed by atoms with Crippen LogP contribution in [0.2, 0.25) is 0 Å². The number of benzene rings is 1. The third-order valence-electron chi connectivity index (χ3n) is 3.27. The summed E-state index contributed by atoms with van der Waals surface area (Å²) in [4.78, 5) is 0. The molecule has 5 heteroatoms. The summed E-state index contributed by atoms with van der Waals surface area (Å²) in [7, 11) is 3.21. The lowest BCUT2D eigenvalue weighted by Gasteiger charge is -2.17. The van der Waals surface area contributed by atoms with Gasteiger partial charge in [0.15, 0.2) is 11.5 Å². The molecule has 0 aliphatic heterocycles. The lowest BCUT2D eigenvalue weighted by Crippen LogP contribution is -2.13. The second-order valence-electron chi connectivity index (χ2n) is 4.36. The summed E-state index contributed by atoms with van der Waals surface area (Å²) in [5.41, 5.74) is 8.28. The maximum Gasteiger partial charge on any atom is 0.161 e. The van der Waals surface area contributed by atoms with Crippen LogP contribution in [0, 0.1) is 0 Å². The molecule has 4 nitrogen and oxygen atoms in total. The van der Waals surface area contributed by atoms with Crippen LogP contribution in [0.3, 0.4) is 0 Å². The van der Waals surface area contributed by atoms with Crippen molar-refractivity contribution in [3.8, 4) is 11.5 Å². The molecular weight excluding hydrogens is 322 g/mol. The van der Waals surface area contributed by atoms with Gasteiger partial charge in [-0.05, 0) is 23.8 Å². The highest BCUT2D eigenvalue weighted by atomic mass is 79.9. The van der Waals surface area contributed by atoms with E-state index in [1.54, 1.807) is 20.5 Å². The Hall–Kier alpha value is -1.46. The zero-order valence-electron chi connectivity index (χ0n) is 11.8. The van der Waals surface area contributed by atoms with Crippen molar-refractivity contribution >= 4 is 15.9 Å². The minimum atomic E-state index is -0.280. The van der Waals surface area contributed by atoms with Gasteiger partial charge >= 0.3 is 0 Å². The Morgan fingerprint density at radius 2 is 1.85 bits per heavy atom. The van der Waals surface area contributed by atoms with E-state index < -0.39 is 0 Å². The Kier molecular flexibility index (Phi) is 4.73. The highest BCUT2D eigenvalue weighted by Crippen LogP contribution is 2.37. The van der Waals surface area contributed by atoms with Crippen LogP contribution >= 0.6 is 15.9 Å². The molecule has 1 aromatic heterocycles. The Morgan fingerprint density at radius 3 is 2.45 bits per heavy atom. The zero-order valence-corrected chi connectivity index (χ0v) is 13.4. The first-order chi connectivity index (χ1) is 9.62. The lowest BCUT2D eigenvalue weighted by molar-refractivity contribution is 0.354.